The van der Waals surface area contributed by atoms with Crippen LogP contribution >= 0.6 is 0 Å². The standard InChI is InChI=1S/C24H28N2O/c1-18-13-20(15-22-7-4-10-25-24(18)22)16-26-11-8-19(9-12-26)14-21-5-2-3-6-23(21)17-27/h2-7,10,13,15,19,27H,8-9,11-12,14,16-17H2,1H3. The number of benzene rings is 2. The van der Waals surface area contributed by atoms with Gasteiger partial charge in [-0.15, -0.1) is 0 Å². The summed E-state index contributed by atoms with van der Waals surface area (Å²) in [6, 6.07) is 17.1. The fourth-order valence-corrected chi connectivity index (χ4v) is 4.37. The first kappa shape index (κ1) is 18.1. The third-order valence-electron chi connectivity index (χ3n) is 5.87. The maximum atomic E-state index is 9.54. The lowest BCUT2D eigenvalue weighted by molar-refractivity contribution is 0.176. The van der Waals surface area contributed by atoms with Crippen LogP contribution in [0.1, 0.15) is 35.1 Å². The summed E-state index contributed by atoms with van der Waals surface area (Å²) in [5.41, 5.74) is 6.16. The molecule has 3 heteroatoms. The van der Waals surface area contributed by atoms with Crippen LogP contribution in [-0.4, -0.2) is 28.1 Å². The largest absolute Gasteiger partial charge is 0.392 e. The average molecular weight is 361 g/mol. The highest BCUT2D eigenvalue weighted by atomic mass is 16.3. The van der Waals surface area contributed by atoms with Gasteiger partial charge in [-0.1, -0.05) is 36.4 Å². The normalized spacial score (nSPS) is 16.1. The Kier molecular flexibility index (Phi) is 5.51. The second kappa shape index (κ2) is 8.20. The van der Waals surface area contributed by atoms with E-state index in [1.807, 2.05) is 24.4 Å². The Morgan fingerprint density at radius 1 is 1.04 bits per heavy atom. The molecule has 3 nitrogen and oxygen atoms in total. The second-order valence-corrected chi connectivity index (χ2v) is 7.84. The molecule has 0 aliphatic carbocycles. The molecule has 4 rings (SSSR count). The number of fused-ring (bicyclic) bond motifs is 1. The highest BCUT2D eigenvalue weighted by Crippen LogP contribution is 2.25. The third kappa shape index (κ3) is 4.20. The van der Waals surface area contributed by atoms with Crippen molar-refractivity contribution in [1.82, 2.24) is 9.88 Å². The lowest BCUT2D eigenvalue weighted by atomic mass is 9.88. The van der Waals surface area contributed by atoms with Crippen LogP contribution in [0.3, 0.4) is 0 Å². The van der Waals surface area contributed by atoms with Crippen LogP contribution in [-0.2, 0) is 19.6 Å². The van der Waals surface area contributed by atoms with Gasteiger partial charge in [-0.3, -0.25) is 9.88 Å². The lowest BCUT2D eigenvalue weighted by Crippen LogP contribution is -2.34. The number of pyridine rings is 1. The monoisotopic (exact) mass is 360 g/mol. The fraction of sp³-hybridized carbons (Fsp3) is 0.375. The van der Waals surface area contributed by atoms with Gasteiger partial charge in [0.05, 0.1) is 12.1 Å². The summed E-state index contributed by atoms with van der Waals surface area (Å²) in [5, 5.41) is 10.8. The molecule has 0 spiro atoms. The van der Waals surface area contributed by atoms with Crippen molar-refractivity contribution < 1.29 is 5.11 Å². The van der Waals surface area contributed by atoms with E-state index < -0.39 is 0 Å². The summed E-state index contributed by atoms with van der Waals surface area (Å²) in [6.07, 6.45) is 5.42. The van der Waals surface area contributed by atoms with Crippen LogP contribution in [0.25, 0.3) is 10.9 Å². The van der Waals surface area contributed by atoms with Gasteiger partial charge in [0.15, 0.2) is 0 Å². The molecule has 0 bridgehead atoms. The van der Waals surface area contributed by atoms with E-state index in [0.29, 0.717) is 0 Å². The van der Waals surface area contributed by atoms with Gasteiger partial charge < -0.3 is 5.11 Å². The number of aryl methyl sites for hydroxylation is 1. The summed E-state index contributed by atoms with van der Waals surface area (Å²) in [5.74, 6) is 0.719. The molecular formula is C24H28N2O. The van der Waals surface area contributed by atoms with Gasteiger partial charge in [0.2, 0.25) is 0 Å². The van der Waals surface area contributed by atoms with Gasteiger partial charge in [0, 0.05) is 18.1 Å². The molecule has 2 heterocycles. The molecule has 0 unspecified atom stereocenters. The van der Waals surface area contributed by atoms with Crippen LogP contribution in [0.2, 0.25) is 0 Å². The van der Waals surface area contributed by atoms with Crippen LogP contribution in [0.5, 0.6) is 0 Å². The van der Waals surface area contributed by atoms with E-state index >= 15 is 0 Å². The Morgan fingerprint density at radius 2 is 1.81 bits per heavy atom. The molecule has 1 fully saturated rings. The number of nitrogens with zero attached hydrogens (tertiary/aromatic N) is 2. The van der Waals surface area contributed by atoms with Crippen molar-refractivity contribution in [3.63, 3.8) is 0 Å². The van der Waals surface area contributed by atoms with Crippen molar-refractivity contribution in [3.8, 4) is 0 Å². The summed E-state index contributed by atoms with van der Waals surface area (Å²) in [4.78, 5) is 7.08. The van der Waals surface area contributed by atoms with Gasteiger partial charge in [-0.2, -0.15) is 0 Å². The highest BCUT2D eigenvalue weighted by Gasteiger charge is 2.20. The minimum atomic E-state index is 0.144. The van der Waals surface area contributed by atoms with Crippen molar-refractivity contribution in [2.24, 2.45) is 5.92 Å². The van der Waals surface area contributed by atoms with Gasteiger partial charge in [-0.05, 0) is 79.6 Å². The van der Waals surface area contributed by atoms with Gasteiger partial charge in [-0.25, -0.2) is 0 Å². The third-order valence-corrected chi connectivity index (χ3v) is 5.87. The van der Waals surface area contributed by atoms with Crippen molar-refractivity contribution >= 4 is 10.9 Å². The van der Waals surface area contributed by atoms with Crippen molar-refractivity contribution in [2.45, 2.75) is 39.3 Å². The molecule has 1 aromatic heterocycles. The number of hydrogen-bond donors (Lipinski definition) is 1. The number of aliphatic hydroxyl groups is 1. The fourth-order valence-electron chi connectivity index (χ4n) is 4.37. The Morgan fingerprint density at radius 3 is 2.59 bits per heavy atom. The first-order valence-electron chi connectivity index (χ1n) is 9.97. The minimum Gasteiger partial charge on any atom is -0.392 e. The lowest BCUT2D eigenvalue weighted by Gasteiger charge is -2.32. The maximum Gasteiger partial charge on any atom is 0.0731 e. The summed E-state index contributed by atoms with van der Waals surface area (Å²) >= 11 is 0. The van der Waals surface area contributed by atoms with Gasteiger partial charge >= 0.3 is 0 Å². The highest BCUT2D eigenvalue weighted by molar-refractivity contribution is 5.82. The van der Waals surface area contributed by atoms with E-state index in [4.69, 9.17) is 0 Å². The van der Waals surface area contributed by atoms with Crippen molar-refractivity contribution in [2.75, 3.05) is 13.1 Å². The zero-order valence-corrected chi connectivity index (χ0v) is 16.1. The Hall–Kier alpha value is -2.23. The molecule has 1 aliphatic heterocycles. The summed E-state index contributed by atoms with van der Waals surface area (Å²) < 4.78 is 0. The topological polar surface area (TPSA) is 36.4 Å². The van der Waals surface area contributed by atoms with Crippen LogP contribution < -0.4 is 0 Å². The van der Waals surface area contributed by atoms with E-state index in [1.165, 1.54) is 34.9 Å². The Balaban J connectivity index is 1.37. The number of aliphatic hydroxyl groups excluding tert-OH is 1. The molecule has 0 amide bonds. The predicted octanol–water partition coefficient (Wildman–Crippen LogP) is 4.49. The van der Waals surface area contributed by atoms with Crippen molar-refractivity contribution in [1.29, 1.82) is 0 Å². The molecule has 3 aromatic rings. The smallest absolute Gasteiger partial charge is 0.0731 e. The van der Waals surface area contributed by atoms with E-state index in [2.05, 4.69) is 47.1 Å². The SMILES string of the molecule is Cc1cc(CN2CCC(Cc3ccccc3CO)CC2)cc2cccnc12. The molecule has 0 radical (unpaired) electrons. The predicted molar refractivity (Wildman–Crippen MR) is 111 cm³/mol. The molecular weight excluding hydrogens is 332 g/mol. The quantitative estimate of drug-likeness (QED) is 0.728. The number of piperidine rings is 1. The van der Waals surface area contributed by atoms with Gasteiger partial charge in [0.25, 0.3) is 0 Å². The van der Waals surface area contributed by atoms with Crippen molar-refractivity contribution in [3.05, 3.63) is 77.0 Å². The molecule has 140 valence electrons. The van der Waals surface area contributed by atoms with Crippen LogP contribution in [0, 0.1) is 12.8 Å². The molecule has 2 aromatic carbocycles. The number of aromatic nitrogens is 1. The van der Waals surface area contributed by atoms with E-state index in [9.17, 15) is 5.11 Å². The number of likely N-dealkylation sites (tertiary alicyclic amines) is 1. The molecule has 1 aliphatic rings. The number of hydrogen-bond acceptors (Lipinski definition) is 3. The molecule has 27 heavy (non-hydrogen) atoms. The molecule has 0 saturated carbocycles. The van der Waals surface area contributed by atoms with E-state index in [0.717, 1.165) is 43.1 Å². The van der Waals surface area contributed by atoms with Gasteiger partial charge in [0.1, 0.15) is 0 Å². The minimum absolute atomic E-state index is 0.144. The second-order valence-electron chi connectivity index (χ2n) is 7.84. The average Bonchev–Trinajstić information content (AvgIpc) is 2.70. The van der Waals surface area contributed by atoms with Crippen LogP contribution in [0.15, 0.2) is 54.7 Å². The molecule has 1 saturated heterocycles. The molecule has 0 atom stereocenters. The summed E-state index contributed by atoms with van der Waals surface area (Å²) in [7, 11) is 0. The Bertz CT molecular complexity index is 913. The van der Waals surface area contributed by atoms with E-state index in [-0.39, 0.29) is 6.61 Å². The maximum absolute atomic E-state index is 9.54. The summed E-state index contributed by atoms with van der Waals surface area (Å²) in [6.45, 7) is 5.62. The Labute approximate surface area is 161 Å². The first-order valence-corrected chi connectivity index (χ1v) is 9.97. The zero-order chi connectivity index (χ0) is 18.6. The number of rotatable bonds is 5. The zero-order valence-electron chi connectivity index (χ0n) is 16.1. The van der Waals surface area contributed by atoms with Crippen LogP contribution in [0.4, 0.5) is 0 Å². The van der Waals surface area contributed by atoms with E-state index in [1.54, 1.807) is 0 Å². The first-order chi connectivity index (χ1) is 13.2. The molecule has 1 N–H and O–H groups in total.